The highest BCUT2D eigenvalue weighted by Gasteiger charge is 2.33. The Kier molecular flexibility index (Phi) is 3.91. The molecule has 1 aliphatic heterocycles. The number of amides is 1. The highest BCUT2D eigenvalue weighted by Crippen LogP contribution is 2.30. The van der Waals surface area contributed by atoms with Crippen molar-refractivity contribution in [1.82, 2.24) is 9.10 Å². The first-order valence-electron chi connectivity index (χ1n) is 5.99. The van der Waals surface area contributed by atoms with Gasteiger partial charge in [0, 0.05) is 12.5 Å². The Morgan fingerprint density at radius 2 is 2.27 bits per heavy atom. The van der Waals surface area contributed by atoms with E-state index >= 15 is 0 Å². The molecule has 22 heavy (non-hydrogen) atoms. The molecular weight excluding hydrogens is 399 g/mol. The second kappa shape index (κ2) is 5.60. The fourth-order valence-electron chi connectivity index (χ4n) is 1.99. The maximum absolute atomic E-state index is 13.1. The van der Waals surface area contributed by atoms with Gasteiger partial charge in [-0.15, -0.1) is 0 Å². The predicted molar refractivity (Wildman–Crippen MR) is 79.7 cm³/mol. The van der Waals surface area contributed by atoms with Gasteiger partial charge in [-0.1, -0.05) is 6.07 Å². The van der Waals surface area contributed by atoms with Gasteiger partial charge >= 0.3 is 0 Å². The van der Waals surface area contributed by atoms with Crippen molar-refractivity contribution in [2.45, 2.75) is 16.7 Å². The first kappa shape index (κ1) is 15.4. The average Bonchev–Trinajstić information content (AvgIpc) is 3.03. The van der Waals surface area contributed by atoms with Crippen LogP contribution in [0.4, 0.5) is 4.39 Å². The Hall–Kier alpha value is -1.52. The summed E-state index contributed by atoms with van der Waals surface area (Å²) >= 11 is 3.79. The Balaban J connectivity index is 1.76. The van der Waals surface area contributed by atoms with Gasteiger partial charge in [-0.3, -0.25) is 4.79 Å². The third kappa shape index (κ3) is 2.85. The van der Waals surface area contributed by atoms with Crippen molar-refractivity contribution in [3.8, 4) is 5.75 Å². The number of aromatic nitrogens is 1. The molecule has 1 atom stereocenters. The van der Waals surface area contributed by atoms with Crippen molar-refractivity contribution in [3.63, 3.8) is 0 Å². The summed E-state index contributed by atoms with van der Waals surface area (Å²) in [6, 6.07) is 3.93. The topological polar surface area (TPSA) is 85.4 Å². The maximum atomic E-state index is 13.1. The monoisotopic (exact) mass is 406 g/mol. The van der Waals surface area contributed by atoms with Gasteiger partial charge < -0.3 is 4.74 Å². The van der Waals surface area contributed by atoms with Crippen molar-refractivity contribution < 1.29 is 22.3 Å². The number of benzene rings is 1. The zero-order valence-electron chi connectivity index (χ0n) is 10.7. The maximum Gasteiger partial charge on any atom is 0.276 e. The van der Waals surface area contributed by atoms with E-state index in [4.69, 9.17) is 4.74 Å². The van der Waals surface area contributed by atoms with Gasteiger partial charge in [0.05, 0.1) is 10.7 Å². The van der Waals surface area contributed by atoms with Gasteiger partial charge in [0.15, 0.2) is 10.3 Å². The fraction of sp³-hybridized carbons (Fsp3) is 0.167. The van der Waals surface area contributed by atoms with Gasteiger partial charge in [-0.05, 0) is 39.1 Å². The number of nitrogens with one attached hydrogen (secondary N) is 1. The molecule has 0 saturated carbocycles. The number of carbonyl (C=O) groups is 1. The van der Waals surface area contributed by atoms with Crippen LogP contribution in [-0.2, 0) is 21.2 Å². The first-order chi connectivity index (χ1) is 10.4. The minimum atomic E-state index is -4.02. The Bertz CT molecular complexity index is 853. The molecule has 1 N–H and O–H groups in total. The van der Waals surface area contributed by atoms with E-state index in [1.165, 1.54) is 18.3 Å². The summed E-state index contributed by atoms with van der Waals surface area (Å²) in [5, 5.41) is 0. The summed E-state index contributed by atoms with van der Waals surface area (Å²) in [6.07, 6.45) is 0.494. The summed E-state index contributed by atoms with van der Waals surface area (Å²) in [5.41, 5.74) is 0.651. The molecule has 2 aromatic rings. The van der Waals surface area contributed by atoms with E-state index in [1.54, 1.807) is 0 Å². The van der Waals surface area contributed by atoms with Crippen LogP contribution in [0.2, 0.25) is 0 Å². The molecule has 0 radical (unpaired) electrons. The highest BCUT2D eigenvalue weighted by molar-refractivity contribution is 9.10. The number of sulfonamides is 1. The zero-order chi connectivity index (χ0) is 15.9. The molecule has 3 rings (SSSR count). The number of ether oxygens (including phenoxy) is 1. The summed E-state index contributed by atoms with van der Waals surface area (Å²) in [6.45, 7) is 0. The van der Waals surface area contributed by atoms with Crippen LogP contribution in [0.3, 0.4) is 0 Å². The number of carbonyl (C=O) groups excluding carboxylic acids is 1. The largest absolute Gasteiger partial charge is 0.480 e. The molecule has 2 heterocycles. The fourth-order valence-corrected chi connectivity index (χ4v) is 4.92. The van der Waals surface area contributed by atoms with Crippen molar-refractivity contribution in [3.05, 3.63) is 40.2 Å². The lowest BCUT2D eigenvalue weighted by Gasteiger charge is -2.11. The van der Waals surface area contributed by atoms with E-state index in [9.17, 15) is 17.6 Å². The van der Waals surface area contributed by atoms with Crippen LogP contribution in [-0.4, -0.2) is 24.8 Å². The van der Waals surface area contributed by atoms with Gasteiger partial charge in [-0.25, -0.2) is 17.5 Å². The molecule has 0 bridgehead atoms. The summed E-state index contributed by atoms with van der Waals surface area (Å²) in [4.78, 5) is 12.1. The third-order valence-electron chi connectivity index (χ3n) is 2.97. The van der Waals surface area contributed by atoms with Crippen LogP contribution >= 0.6 is 27.5 Å². The molecule has 0 saturated heterocycles. The van der Waals surface area contributed by atoms with Gasteiger partial charge in [0.25, 0.3) is 15.9 Å². The van der Waals surface area contributed by atoms with Crippen LogP contribution in [0.15, 0.2) is 33.1 Å². The third-order valence-corrected chi connectivity index (χ3v) is 6.75. The molecule has 1 aromatic carbocycles. The molecule has 6 nitrogen and oxygen atoms in total. The van der Waals surface area contributed by atoms with Gasteiger partial charge in [0.2, 0.25) is 0 Å². The van der Waals surface area contributed by atoms with Crippen LogP contribution in [0.5, 0.6) is 5.75 Å². The Labute approximate surface area is 137 Å². The van der Waals surface area contributed by atoms with Crippen molar-refractivity contribution in [2.75, 3.05) is 0 Å². The van der Waals surface area contributed by atoms with Crippen molar-refractivity contribution in [2.24, 2.45) is 0 Å². The number of halogens is 2. The standard InChI is InChI=1S/C12H8BrFN2O4S2/c13-8-5-15-21-12(8)22(18,19)16-11(17)10-3-6-1-2-7(14)4-9(6)20-10/h1-2,4-5,10H,3H2,(H,16,17). The molecule has 116 valence electrons. The minimum absolute atomic E-state index is 0.0950. The Morgan fingerprint density at radius 3 is 2.95 bits per heavy atom. The predicted octanol–water partition coefficient (Wildman–Crippen LogP) is 1.85. The second-order valence-electron chi connectivity index (χ2n) is 4.49. The highest BCUT2D eigenvalue weighted by atomic mass is 79.9. The first-order valence-corrected chi connectivity index (χ1v) is 9.04. The molecule has 1 aliphatic rings. The normalized spacial score (nSPS) is 16.9. The minimum Gasteiger partial charge on any atom is -0.480 e. The van der Waals surface area contributed by atoms with Gasteiger partial charge in [-0.2, -0.15) is 4.37 Å². The summed E-state index contributed by atoms with van der Waals surface area (Å²) < 4.78 is 48.5. The van der Waals surface area contributed by atoms with Crippen molar-refractivity contribution >= 4 is 43.4 Å². The number of fused-ring (bicyclic) bond motifs is 1. The molecule has 0 spiro atoms. The van der Waals surface area contributed by atoms with Crippen LogP contribution in [0.25, 0.3) is 0 Å². The van der Waals surface area contributed by atoms with Crippen LogP contribution < -0.4 is 9.46 Å². The van der Waals surface area contributed by atoms with Crippen molar-refractivity contribution in [1.29, 1.82) is 0 Å². The Morgan fingerprint density at radius 1 is 1.50 bits per heavy atom. The van der Waals surface area contributed by atoms with E-state index in [-0.39, 0.29) is 20.9 Å². The lowest BCUT2D eigenvalue weighted by atomic mass is 10.1. The lowest BCUT2D eigenvalue weighted by molar-refractivity contribution is -0.125. The van der Waals surface area contributed by atoms with E-state index in [0.717, 1.165) is 17.6 Å². The van der Waals surface area contributed by atoms with E-state index in [0.29, 0.717) is 5.56 Å². The summed E-state index contributed by atoms with van der Waals surface area (Å²) in [5.74, 6) is -1.05. The van der Waals surface area contributed by atoms with E-state index < -0.39 is 27.9 Å². The molecule has 10 heteroatoms. The molecule has 1 amide bonds. The quantitative estimate of drug-likeness (QED) is 0.840. The molecular formula is C12H8BrFN2O4S2. The molecule has 0 aliphatic carbocycles. The number of hydrogen-bond donors (Lipinski definition) is 1. The van der Waals surface area contributed by atoms with Gasteiger partial charge in [0.1, 0.15) is 11.6 Å². The molecule has 0 fully saturated rings. The molecule has 1 aromatic heterocycles. The lowest BCUT2D eigenvalue weighted by Crippen LogP contribution is -2.40. The SMILES string of the molecule is O=C(NS(=O)(=O)c1sncc1Br)C1Cc2ccc(F)cc2O1. The number of nitrogens with zero attached hydrogens (tertiary/aromatic N) is 1. The molecule has 1 unspecified atom stereocenters. The number of hydrogen-bond acceptors (Lipinski definition) is 6. The van der Waals surface area contributed by atoms with E-state index in [1.807, 2.05) is 4.72 Å². The smallest absolute Gasteiger partial charge is 0.276 e. The average molecular weight is 407 g/mol. The summed E-state index contributed by atoms with van der Waals surface area (Å²) in [7, 11) is -4.02. The van der Waals surface area contributed by atoms with E-state index in [2.05, 4.69) is 20.3 Å². The van der Waals surface area contributed by atoms with Crippen LogP contribution in [0, 0.1) is 5.82 Å². The second-order valence-corrected chi connectivity index (χ2v) is 8.03. The van der Waals surface area contributed by atoms with Crippen LogP contribution in [0.1, 0.15) is 5.56 Å². The zero-order valence-corrected chi connectivity index (χ0v) is 14.0. The number of rotatable bonds is 3.